The van der Waals surface area contributed by atoms with Gasteiger partial charge in [-0.1, -0.05) is 0 Å². The molecule has 0 aliphatic carbocycles. The van der Waals surface area contributed by atoms with E-state index < -0.39 is 26.4 Å². The van der Waals surface area contributed by atoms with Crippen molar-refractivity contribution in [2.75, 3.05) is 0 Å². The van der Waals surface area contributed by atoms with Crippen LogP contribution in [-0.4, -0.2) is 26.8 Å². The molecule has 18 heavy (non-hydrogen) atoms. The minimum atomic E-state index is -0.887. The molecule has 92 valence electrons. The van der Waals surface area contributed by atoms with E-state index in [-0.39, 0.29) is 5.82 Å². The maximum absolute atomic E-state index is 12.8. The normalized spacial score (nSPS) is 12.7. The molecule has 0 bridgehead atoms. The van der Waals surface area contributed by atoms with Crippen LogP contribution in [0.15, 0.2) is 54.6 Å². The van der Waals surface area contributed by atoms with E-state index in [9.17, 15) is 14.3 Å². The monoisotopic (exact) mass is 306 g/mol. The number of benzene rings is 2. The fourth-order valence-electron chi connectivity index (χ4n) is 1.65. The first-order chi connectivity index (χ1) is 8.66. The summed E-state index contributed by atoms with van der Waals surface area (Å²) < 4.78 is 13.3. The Morgan fingerprint density at radius 1 is 1.06 bits per heavy atom. The molecule has 4 heteroatoms. The fraction of sp³-hybridized carbons (Fsp3) is 0.0714. The second-order valence-electron chi connectivity index (χ2n) is 3.83. The number of carboxylic acid groups (broad SMARTS) is 1. The van der Waals surface area contributed by atoms with Crippen LogP contribution in [-0.2, 0) is 4.79 Å². The first kappa shape index (κ1) is 12.8. The molecule has 2 aromatic carbocycles. The predicted molar refractivity (Wildman–Crippen MR) is 70.0 cm³/mol. The van der Waals surface area contributed by atoms with Crippen LogP contribution in [0.5, 0.6) is 0 Å². The van der Waals surface area contributed by atoms with Crippen molar-refractivity contribution in [3.8, 4) is 0 Å². The van der Waals surface area contributed by atoms with Crippen LogP contribution >= 0.6 is 0 Å². The van der Waals surface area contributed by atoms with Crippen molar-refractivity contribution in [3.05, 3.63) is 66.0 Å². The summed E-state index contributed by atoms with van der Waals surface area (Å²) in [6.45, 7) is 0. The second kappa shape index (κ2) is 5.83. The summed E-state index contributed by atoms with van der Waals surface area (Å²) >= 11 is -0.887. The van der Waals surface area contributed by atoms with Crippen LogP contribution in [0.4, 0.5) is 4.39 Å². The molecule has 0 heterocycles. The average molecular weight is 306 g/mol. The van der Waals surface area contributed by atoms with Crippen LogP contribution in [0.1, 0.15) is 10.3 Å². The SMILES string of the molecule is O=C(O)[C@H]([AsH]c1ccc(F)cc1)c1ccccc1. The van der Waals surface area contributed by atoms with Crippen LogP contribution in [0, 0.1) is 5.82 Å². The van der Waals surface area contributed by atoms with E-state index in [2.05, 4.69) is 0 Å². The van der Waals surface area contributed by atoms with Crippen LogP contribution in [0.25, 0.3) is 0 Å². The standard InChI is InChI=1S/C14H12AsFO2/c16-12-8-6-11(7-9-12)15-13(14(17)18)10-4-2-1-3-5-10/h1-9,13,15H,(H,17,18)/t13-/m1/s1. The van der Waals surface area contributed by atoms with Gasteiger partial charge < -0.3 is 0 Å². The first-order valence-corrected chi connectivity index (χ1v) is 7.73. The summed E-state index contributed by atoms with van der Waals surface area (Å²) in [4.78, 5) is 11.3. The van der Waals surface area contributed by atoms with Crippen LogP contribution in [0.2, 0.25) is 0 Å². The molecule has 2 rings (SSSR count). The summed E-state index contributed by atoms with van der Waals surface area (Å²) in [5.41, 5.74) is 0.814. The maximum atomic E-state index is 12.8. The zero-order chi connectivity index (χ0) is 13.0. The van der Waals surface area contributed by atoms with Crippen molar-refractivity contribution >= 4 is 26.1 Å². The van der Waals surface area contributed by atoms with Gasteiger partial charge in [-0.05, 0) is 0 Å². The molecule has 1 unspecified atom stereocenters. The van der Waals surface area contributed by atoms with Crippen LogP contribution in [0.3, 0.4) is 0 Å². The number of hydrogen-bond donors (Lipinski definition) is 1. The van der Waals surface area contributed by atoms with E-state index in [1.807, 2.05) is 30.3 Å². The van der Waals surface area contributed by atoms with E-state index in [1.165, 1.54) is 12.1 Å². The van der Waals surface area contributed by atoms with Crippen molar-refractivity contribution in [2.24, 2.45) is 0 Å². The van der Waals surface area contributed by atoms with Crippen molar-refractivity contribution in [2.45, 2.75) is 4.71 Å². The molecule has 0 saturated carbocycles. The van der Waals surface area contributed by atoms with Gasteiger partial charge in [0.05, 0.1) is 0 Å². The number of rotatable bonds is 4. The summed E-state index contributed by atoms with van der Waals surface area (Å²) in [6, 6.07) is 15.3. The third-order valence-electron chi connectivity index (χ3n) is 2.54. The van der Waals surface area contributed by atoms with Gasteiger partial charge in [-0.15, -0.1) is 0 Å². The minimum absolute atomic E-state index is 0.295. The molecule has 0 saturated heterocycles. The molecule has 0 aliphatic rings. The van der Waals surface area contributed by atoms with Gasteiger partial charge in [0, 0.05) is 0 Å². The van der Waals surface area contributed by atoms with E-state index in [0.717, 1.165) is 9.91 Å². The molecule has 2 atom stereocenters. The Bertz CT molecular complexity index is 525. The third-order valence-corrected chi connectivity index (χ3v) is 5.76. The number of hydrogen-bond acceptors (Lipinski definition) is 1. The molecule has 2 nitrogen and oxygen atoms in total. The Morgan fingerprint density at radius 2 is 1.67 bits per heavy atom. The Morgan fingerprint density at radius 3 is 2.22 bits per heavy atom. The van der Waals surface area contributed by atoms with Crippen molar-refractivity contribution < 1.29 is 14.3 Å². The van der Waals surface area contributed by atoms with Gasteiger partial charge in [-0.25, -0.2) is 0 Å². The van der Waals surface area contributed by atoms with Gasteiger partial charge in [0.15, 0.2) is 0 Å². The molecule has 0 spiro atoms. The number of halogens is 1. The van der Waals surface area contributed by atoms with E-state index in [4.69, 9.17) is 0 Å². The molecule has 0 fully saturated rings. The van der Waals surface area contributed by atoms with Gasteiger partial charge in [-0.2, -0.15) is 0 Å². The predicted octanol–water partition coefficient (Wildman–Crippen LogP) is 1.71. The Hall–Kier alpha value is -1.60. The molecule has 0 radical (unpaired) electrons. The molecule has 1 N–H and O–H groups in total. The Balaban J connectivity index is 2.22. The van der Waals surface area contributed by atoms with Crippen molar-refractivity contribution in [1.29, 1.82) is 0 Å². The van der Waals surface area contributed by atoms with Gasteiger partial charge in [-0.3, -0.25) is 0 Å². The molecule has 0 aliphatic heterocycles. The van der Waals surface area contributed by atoms with Gasteiger partial charge in [0.25, 0.3) is 0 Å². The number of aliphatic carboxylic acids is 1. The van der Waals surface area contributed by atoms with Gasteiger partial charge >= 0.3 is 111 Å². The first-order valence-electron chi connectivity index (χ1n) is 5.46. The van der Waals surface area contributed by atoms with Gasteiger partial charge in [0.2, 0.25) is 0 Å². The zero-order valence-corrected chi connectivity index (χ0v) is 11.6. The van der Waals surface area contributed by atoms with E-state index in [0.29, 0.717) is 0 Å². The molecule has 0 amide bonds. The molecule has 0 aromatic heterocycles. The van der Waals surface area contributed by atoms with E-state index in [1.54, 1.807) is 12.1 Å². The quantitative estimate of drug-likeness (QED) is 0.873. The molecular weight excluding hydrogens is 294 g/mol. The second-order valence-corrected chi connectivity index (χ2v) is 6.86. The molecular formula is C14H12AsFO2. The fourth-order valence-corrected chi connectivity index (χ4v) is 4.11. The van der Waals surface area contributed by atoms with Crippen molar-refractivity contribution in [1.82, 2.24) is 0 Å². The number of carboxylic acids is 1. The topological polar surface area (TPSA) is 37.3 Å². The summed E-state index contributed by atoms with van der Waals surface area (Å²) in [7, 11) is 0. The zero-order valence-electron chi connectivity index (χ0n) is 9.51. The van der Waals surface area contributed by atoms with Crippen LogP contribution < -0.4 is 4.35 Å². The Labute approximate surface area is 111 Å². The van der Waals surface area contributed by atoms with Crippen molar-refractivity contribution in [3.63, 3.8) is 0 Å². The Kier molecular flexibility index (Phi) is 4.16. The molecule has 2 aromatic rings. The summed E-state index contributed by atoms with van der Waals surface area (Å²) in [6.07, 6.45) is 0. The van der Waals surface area contributed by atoms with E-state index >= 15 is 0 Å². The average Bonchev–Trinajstić information content (AvgIpc) is 2.38. The number of carbonyl (C=O) groups is 1. The summed E-state index contributed by atoms with van der Waals surface area (Å²) in [5, 5.41) is 9.30. The van der Waals surface area contributed by atoms with Gasteiger partial charge in [0.1, 0.15) is 0 Å². The summed E-state index contributed by atoms with van der Waals surface area (Å²) in [5.74, 6) is -1.11. The third kappa shape index (κ3) is 3.21.